The molecule has 0 aliphatic heterocycles. The van der Waals surface area contributed by atoms with Gasteiger partial charge in [0.25, 0.3) is 0 Å². The first kappa shape index (κ1) is 18.8. The van der Waals surface area contributed by atoms with Gasteiger partial charge in [-0.1, -0.05) is 54.6 Å². The van der Waals surface area contributed by atoms with Gasteiger partial charge >= 0.3 is 11.9 Å². The standard InChI is InChI=1S/C23H20N2O4/c24-21(14-6-5-11-25-12-14)20(22(26)27)23(28)29-13-19-17-9-3-1-7-15(17)16-8-2-4-10-18(16)19/h1-12,19-21H,13,24H2,(H,26,27). The van der Waals surface area contributed by atoms with Crippen molar-refractivity contribution in [3.63, 3.8) is 0 Å². The van der Waals surface area contributed by atoms with Gasteiger partial charge in [0, 0.05) is 18.3 Å². The zero-order valence-electron chi connectivity index (χ0n) is 15.6. The Bertz CT molecular complexity index is 1010. The Labute approximate surface area is 168 Å². The number of ether oxygens (including phenoxy) is 1. The minimum absolute atomic E-state index is 0.0520. The van der Waals surface area contributed by atoms with E-state index < -0.39 is 23.9 Å². The topological polar surface area (TPSA) is 103 Å². The number of pyridine rings is 1. The second-order valence-corrected chi connectivity index (χ2v) is 6.99. The molecule has 1 heterocycles. The van der Waals surface area contributed by atoms with Crippen molar-refractivity contribution in [3.05, 3.63) is 89.7 Å². The molecule has 6 heteroatoms. The van der Waals surface area contributed by atoms with Crippen LogP contribution in [0.2, 0.25) is 0 Å². The van der Waals surface area contributed by atoms with Crippen LogP contribution in [-0.2, 0) is 14.3 Å². The lowest BCUT2D eigenvalue weighted by molar-refractivity contribution is -0.160. The third-order valence-electron chi connectivity index (χ3n) is 5.30. The molecular weight excluding hydrogens is 368 g/mol. The van der Waals surface area contributed by atoms with Crippen LogP contribution in [0.15, 0.2) is 73.1 Å². The number of esters is 1. The van der Waals surface area contributed by atoms with Gasteiger partial charge in [0.05, 0.1) is 6.04 Å². The lowest BCUT2D eigenvalue weighted by Crippen LogP contribution is -2.36. The van der Waals surface area contributed by atoms with Gasteiger partial charge in [-0.3, -0.25) is 14.6 Å². The van der Waals surface area contributed by atoms with Crippen LogP contribution < -0.4 is 5.73 Å². The number of carbonyl (C=O) groups excluding carboxylic acids is 1. The van der Waals surface area contributed by atoms with Crippen LogP contribution in [0.1, 0.15) is 28.7 Å². The SMILES string of the molecule is NC(c1cccnc1)C(C(=O)O)C(=O)OCC1c2ccccc2-c2ccccc21. The Morgan fingerprint density at radius 3 is 2.17 bits per heavy atom. The van der Waals surface area contributed by atoms with E-state index in [1.807, 2.05) is 48.5 Å². The molecule has 0 radical (unpaired) electrons. The van der Waals surface area contributed by atoms with E-state index in [4.69, 9.17) is 10.5 Å². The Kier molecular flexibility index (Phi) is 5.10. The summed E-state index contributed by atoms with van der Waals surface area (Å²) >= 11 is 0. The molecule has 0 amide bonds. The number of hydrogen-bond donors (Lipinski definition) is 2. The summed E-state index contributed by atoms with van der Waals surface area (Å²) in [5, 5.41) is 9.58. The summed E-state index contributed by atoms with van der Waals surface area (Å²) in [6.45, 7) is 0.0520. The number of nitrogens with zero attached hydrogens (tertiary/aromatic N) is 1. The van der Waals surface area contributed by atoms with Crippen molar-refractivity contribution in [2.75, 3.05) is 6.61 Å². The number of hydrogen-bond acceptors (Lipinski definition) is 5. The number of rotatable bonds is 6. The molecule has 0 bridgehead atoms. The van der Waals surface area contributed by atoms with Crippen molar-refractivity contribution < 1.29 is 19.4 Å². The molecule has 2 aromatic carbocycles. The lowest BCUT2D eigenvalue weighted by atomic mass is 9.94. The number of benzene rings is 2. The molecule has 29 heavy (non-hydrogen) atoms. The van der Waals surface area contributed by atoms with Gasteiger partial charge in [-0.05, 0) is 33.9 Å². The lowest BCUT2D eigenvalue weighted by Gasteiger charge is -2.21. The maximum absolute atomic E-state index is 12.7. The predicted octanol–water partition coefficient (Wildman–Crippen LogP) is 3.14. The van der Waals surface area contributed by atoms with Crippen molar-refractivity contribution in [2.24, 2.45) is 11.7 Å². The van der Waals surface area contributed by atoms with E-state index in [1.165, 1.54) is 6.20 Å². The molecule has 3 N–H and O–H groups in total. The van der Waals surface area contributed by atoms with Crippen LogP contribution in [0, 0.1) is 5.92 Å². The Morgan fingerprint density at radius 1 is 1.00 bits per heavy atom. The fourth-order valence-corrected chi connectivity index (χ4v) is 3.86. The van der Waals surface area contributed by atoms with Crippen molar-refractivity contribution in [2.45, 2.75) is 12.0 Å². The smallest absolute Gasteiger partial charge is 0.322 e. The normalized spacial score (nSPS) is 14.5. The molecule has 0 fully saturated rings. The van der Waals surface area contributed by atoms with Crippen LogP contribution in [0.3, 0.4) is 0 Å². The fraction of sp³-hybridized carbons (Fsp3) is 0.174. The van der Waals surface area contributed by atoms with E-state index in [0.29, 0.717) is 5.56 Å². The molecular formula is C23H20N2O4. The van der Waals surface area contributed by atoms with Gasteiger partial charge in [-0.15, -0.1) is 0 Å². The van der Waals surface area contributed by atoms with Crippen molar-refractivity contribution >= 4 is 11.9 Å². The van der Waals surface area contributed by atoms with Gasteiger partial charge in [-0.25, -0.2) is 0 Å². The minimum atomic E-state index is -1.51. The quantitative estimate of drug-likeness (QED) is 0.497. The van der Waals surface area contributed by atoms with E-state index in [1.54, 1.807) is 18.3 Å². The highest BCUT2D eigenvalue weighted by atomic mass is 16.5. The predicted molar refractivity (Wildman–Crippen MR) is 107 cm³/mol. The zero-order chi connectivity index (χ0) is 20.4. The molecule has 1 aromatic heterocycles. The third kappa shape index (κ3) is 3.50. The summed E-state index contributed by atoms with van der Waals surface area (Å²) in [5.74, 6) is -3.82. The van der Waals surface area contributed by atoms with Gasteiger partial charge in [-0.2, -0.15) is 0 Å². The first-order chi connectivity index (χ1) is 14.1. The van der Waals surface area contributed by atoms with E-state index in [2.05, 4.69) is 4.98 Å². The van der Waals surface area contributed by atoms with Crippen LogP contribution >= 0.6 is 0 Å². The third-order valence-corrected chi connectivity index (χ3v) is 5.30. The Morgan fingerprint density at radius 2 is 1.62 bits per heavy atom. The molecule has 0 saturated carbocycles. The van der Waals surface area contributed by atoms with Crippen molar-refractivity contribution in [1.29, 1.82) is 0 Å². The molecule has 2 unspecified atom stereocenters. The highest BCUT2D eigenvalue weighted by Crippen LogP contribution is 2.44. The van der Waals surface area contributed by atoms with Gasteiger partial charge in [0.2, 0.25) is 0 Å². The largest absolute Gasteiger partial charge is 0.481 e. The van der Waals surface area contributed by atoms with Crippen LogP contribution in [0.25, 0.3) is 11.1 Å². The fourth-order valence-electron chi connectivity index (χ4n) is 3.86. The average Bonchev–Trinajstić information content (AvgIpc) is 3.06. The average molecular weight is 388 g/mol. The zero-order valence-corrected chi connectivity index (χ0v) is 15.6. The molecule has 1 aliphatic carbocycles. The Hall–Kier alpha value is -3.51. The summed E-state index contributed by atoms with van der Waals surface area (Å²) < 4.78 is 5.49. The number of carbonyl (C=O) groups is 2. The first-order valence-electron chi connectivity index (χ1n) is 9.31. The minimum Gasteiger partial charge on any atom is -0.481 e. The van der Waals surface area contributed by atoms with Gasteiger partial charge < -0.3 is 15.6 Å². The number of aliphatic carboxylic acids is 1. The van der Waals surface area contributed by atoms with Crippen LogP contribution in [0.4, 0.5) is 0 Å². The molecule has 1 aliphatic rings. The highest BCUT2D eigenvalue weighted by Gasteiger charge is 2.37. The highest BCUT2D eigenvalue weighted by molar-refractivity contribution is 5.95. The van der Waals surface area contributed by atoms with Crippen LogP contribution in [-0.4, -0.2) is 28.6 Å². The number of fused-ring (bicyclic) bond motifs is 3. The Balaban J connectivity index is 1.55. The summed E-state index contributed by atoms with van der Waals surface area (Å²) in [6, 6.07) is 18.1. The molecule has 0 spiro atoms. The maximum atomic E-state index is 12.7. The molecule has 3 aromatic rings. The van der Waals surface area contributed by atoms with Crippen LogP contribution in [0.5, 0.6) is 0 Å². The molecule has 4 rings (SSSR count). The monoisotopic (exact) mass is 388 g/mol. The number of nitrogens with two attached hydrogens (primary N) is 1. The van der Waals surface area contributed by atoms with Crippen molar-refractivity contribution in [3.8, 4) is 11.1 Å². The molecule has 6 nitrogen and oxygen atoms in total. The molecule has 146 valence electrons. The van der Waals surface area contributed by atoms with Crippen molar-refractivity contribution in [1.82, 2.24) is 4.98 Å². The van der Waals surface area contributed by atoms with E-state index in [-0.39, 0.29) is 12.5 Å². The van der Waals surface area contributed by atoms with E-state index >= 15 is 0 Å². The first-order valence-corrected chi connectivity index (χ1v) is 9.31. The summed E-state index contributed by atoms with van der Waals surface area (Å²) in [7, 11) is 0. The van der Waals surface area contributed by atoms with E-state index in [9.17, 15) is 14.7 Å². The summed E-state index contributed by atoms with van der Waals surface area (Å²) in [5.41, 5.74) is 10.8. The summed E-state index contributed by atoms with van der Waals surface area (Å²) in [4.78, 5) is 28.4. The second kappa shape index (κ2) is 7.85. The summed E-state index contributed by atoms with van der Waals surface area (Å²) in [6.07, 6.45) is 3.01. The number of carboxylic acids is 1. The number of aromatic nitrogens is 1. The maximum Gasteiger partial charge on any atom is 0.322 e. The number of carboxylic acid groups (broad SMARTS) is 1. The van der Waals surface area contributed by atoms with E-state index in [0.717, 1.165) is 22.3 Å². The van der Waals surface area contributed by atoms with Gasteiger partial charge in [0.15, 0.2) is 5.92 Å². The van der Waals surface area contributed by atoms with Gasteiger partial charge in [0.1, 0.15) is 6.61 Å². The molecule has 0 saturated heterocycles. The molecule has 2 atom stereocenters. The second-order valence-electron chi connectivity index (χ2n) is 6.99.